The number of ether oxygens (including phenoxy) is 4. The van der Waals surface area contributed by atoms with Gasteiger partial charge in [0.15, 0.2) is 16.3 Å². The van der Waals surface area contributed by atoms with Crippen molar-refractivity contribution >= 4 is 23.4 Å². The maximum Gasteiger partial charge on any atom is 0.337 e. The van der Waals surface area contributed by atoms with E-state index in [2.05, 4.69) is 11.1 Å². The van der Waals surface area contributed by atoms with Gasteiger partial charge in [0.05, 0.1) is 48.1 Å². The molecule has 4 aromatic rings. The highest BCUT2D eigenvalue weighted by atomic mass is 32.1. The molecule has 0 N–H and O–H groups in total. The molecule has 0 saturated heterocycles. The molecule has 218 valence electrons. The number of para-hydroxylation sites is 1. The third kappa shape index (κ3) is 6.22. The van der Waals surface area contributed by atoms with Gasteiger partial charge in [-0.1, -0.05) is 47.7 Å². The Morgan fingerprint density at radius 1 is 1.00 bits per heavy atom. The lowest BCUT2D eigenvalue weighted by Crippen LogP contribution is -2.39. The van der Waals surface area contributed by atoms with Gasteiger partial charge in [-0.15, -0.1) is 0 Å². The van der Waals surface area contributed by atoms with Crippen LogP contribution >= 0.6 is 11.3 Å². The number of aromatic nitrogens is 1. The third-order valence-electron chi connectivity index (χ3n) is 6.69. The maximum absolute atomic E-state index is 14.0. The van der Waals surface area contributed by atoms with E-state index in [1.54, 1.807) is 30.3 Å². The van der Waals surface area contributed by atoms with Crippen molar-refractivity contribution in [3.8, 4) is 23.3 Å². The maximum atomic E-state index is 14.0. The predicted molar refractivity (Wildman–Crippen MR) is 162 cm³/mol. The van der Waals surface area contributed by atoms with E-state index in [-0.39, 0.29) is 11.1 Å². The van der Waals surface area contributed by atoms with E-state index in [0.717, 1.165) is 5.56 Å². The molecular formula is C33H29N3O6S. The predicted octanol–water partition coefficient (Wildman–Crippen LogP) is 4.27. The molecule has 0 radical (unpaired) electrons. The quantitative estimate of drug-likeness (QED) is 0.252. The van der Waals surface area contributed by atoms with Crippen LogP contribution in [0.25, 0.3) is 6.08 Å². The van der Waals surface area contributed by atoms with E-state index in [1.165, 1.54) is 29.2 Å². The lowest BCUT2D eigenvalue weighted by atomic mass is 9.97. The molecule has 2 heterocycles. The van der Waals surface area contributed by atoms with Gasteiger partial charge in [-0.3, -0.25) is 9.36 Å². The lowest BCUT2D eigenvalue weighted by Gasteiger charge is -2.23. The Bertz CT molecular complexity index is 1900. The molecular weight excluding hydrogens is 566 g/mol. The van der Waals surface area contributed by atoms with Crippen molar-refractivity contribution in [2.45, 2.75) is 26.5 Å². The van der Waals surface area contributed by atoms with Gasteiger partial charge < -0.3 is 18.9 Å². The Labute approximate surface area is 252 Å². The number of nitrogens with zero attached hydrogens (tertiary/aromatic N) is 3. The van der Waals surface area contributed by atoms with Crippen LogP contribution in [0.5, 0.6) is 17.2 Å². The SMILES string of the molecule is CCOc1ccc([C@@H]2C(C(=O)OC)=CN=c3s/c(=C/c4ccccc4OCc4ccc(C#N)cc4)c(=O)n32)cc1OCC. The highest BCUT2D eigenvalue weighted by Gasteiger charge is 2.31. The first kappa shape index (κ1) is 29.4. The molecule has 0 unspecified atom stereocenters. The molecule has 0 fully saturated rings. The molecule has 0 saturated carbocycles. The highest BCUT2D eigenvalue weighted by Crippen LogP contribution is 2.35. The largest absolute Gasteiger partial charge is 0.490 e. The number of methoxy groups -OCH3 is 1. The summed E-state index contributed by atoms with van der Waals surface area (Å²) in [6.45, 7) is 4.92. The standard InChI is InChI=1S/C33H29N3O6S/c1-4-40-27-15-14-24(16-28(27)41-5-2)30-25(32(38)39-3)19-35-33-36(30)31(37)29(43-33)17-23-8-6-7-9-26(23)42-20-22-12-10-21(18-34)11-13-22/h6-17,19,30H,4-5,20H2,1-3H3/b29-17+/t30-/m1/s1. The average molecular weight is 596 g/mol. The van der Waals surface area contributed by atoms with Crippen LogP contribution in [0, 0.1) is 11.3 Å². The Hall–Kier alpha value is -5.14. The first-order valence-corrected chi connectivity index (χ1v) is 14.5. The smallest absolute Gasteiger partial charge is 0.337 e. The minimum absolute atomic E-state index is 0.221. The van der Waals surface area contributed by atoms with Crippen LogP contribution in [-0.2, 0) is 16.1 Å². The molecule has 0 aliphatic carbocycles. The monoisotopic (exact) mass is 595 g/mol. The molecule has 3 aromatic carbocycles. The summed E-state index contributed by atoms with van der Waals surface area (Å²) in [5.74, 6) is 1.09. The van der Waals surface area contributed by atoms with E-state index >= 15 is 0 Å². The van der Waals surface area contributed by atoms with Crippen LogP contribution in [0.4, 0.5) is 0 Å². The van der Waals surface area contributed by atoms with Crippen molar-refractivity contribution in [3.05, 3.63) is 120 Å². The van der Waals surface area contributed by atoms with Crippen molar-refractivity contribution in [3.63, 3.8) is 0 Å². The second-order valence-electron chi connectivity index (χ2n) is 9.38. The molecule has 1 aliphatic heterocycles. The summed E-state index contributed by atoms with van der Waals surface area (Å²) in [4.78, 5) is 31.7. The van der Waals surface area contributed by atoms with Gasteiger partial charge in [-0.2, -0.15) is 5.26 Å². The minimum Gasteiger partial charge on any atom is -0.490 e. The summed E-state index contributed by atoms with van der Waals surface area (Å²) in [6, 6.07) is 21.3. The summed E-state index contributed by atoms with van der Waals surface area (Å²) in [7, 11) is 1.30. The molecule has 5 rings (SSSR count). The highest BCUT2D eigenvalue weighted by molar-refractivity contribution is 7.07. The number of carbonyl (C=O) groups is 1. The van der Waals surface area contributed by atoms with E-state index < -0.39 is 12.0 Å². The van der Waals surface area contributed by atoms with Gasteiger partial charge in [0.1, 0.15) is 12.4 Å². The Balaban J connectivity index is 1.56. The molecule has 43 heavy (non-hydrogen) atoms. The van der Waals surface area contributed by atoms with E-state index in [1.807, 2.05) is 56.3 Å². The zero-order chi connectivity index (χ0) is 30.3. The molecule has 9 nitrogen and oxygen atoms in total. The number of thiazole rings is 1. The number of benzene rings is 3. The topological polar surface area (TPSA) is 112 Å². The number of rotatable bonds is 10. The van der Waals surface area contributed by atoms with Gasteiger partial charge in [0, 0.05) is 11.8 Å². The second kappa shape index (κ2) is 13.2. The van der Waals surface area contributed by atoms with Gasteiger partial charge in [-0.25, -0.2) is 9.79 Å². The van der Waals surface area contributed by atoms with E-state index in [0.29, 0.717) is 63.1 Å². The first-order chi connectivity index (χ1) is 21.0. The number of hydrogen-bond acceptors (Lipinski definition) is 9. The van der Waals surface area contributed by atoms with E-state index in [9.17, 15) is 9.59 Å². The average Bonchev–Trinajstić information content (AvgIpc) is 3.35. The zero-order valence-corrected chi connectivity index (χ0v) is 24.7. The summed E-state index contributed by atoms with van der Waals surface area (Å²) in [5, 5.41) is 9.04. The van der Waals surface area contributed by atoms with Gasteiger partial charge in [0.2, 0.25) is 0 Å². The Kier molecular flexibility index (Phi) is 9.03. The Morgan fingerprint density at radius 3 is 2.47 bits per heavy atom. The number of hydrogen-bond donors (Lipinski definition) is 0. The van der Waals surface area contributed by atoms with Crippen molar-refractivity contribution in [1.29, 1.82) is 5.26 Å². The lowest BCUT2D eigenvalue weighted by molar-refractivity contribution is -0.136. The summed E-state index contributed by atoms with van der Waals surface area (Å²) >= 11 is 1.22. The normalized spacial score (nSPS) is 14.1. The van der Waals surface area contributed by atoms with Crippen molar-refractivity contribution in [1.82, 2.24) is 4.57 Å². The van der Waals surface area contributed by atoms with Gasteiger partial charge in [-0.05, 0) is 61.4 Å². The molecule has 1 aliphatic rings. The second-order valence-corrected chi connectivity index (χ2v) is 10.4. The van der Waals surface area contributed by atoms with E-state index in [4.69, 9.17) is 24.2 Å². The third-order valence-corrected chi connectivity index (χ3v) is 7.69. The van der Waals surface area contributed by atoms with Crippen molar-refractivity contribution < 1.29 is 23.7 Å². The molecule has 0 bridgehead atoms. The molecule has 0 spiro atoms. The molecule has 1 aromatic heterocycles. The molecule has 10 heteroatoms. The van der Waals surface area contributed by atoms with Crippen LogP contribution in [0.3, 0.4) is 0 Å². The summed E-state index contributed by atoms with van der Waals surface area (Å²) < 4.78 is 24.6. The number of carbonyl (C=O) groups excluding carboxylic acids is 1. The van der Waals surface area contributed by atoms with Crippen LogP contribution in [0.15, 0.2) is 88.3 Å². The molecule has 1 atom stereocenters. The van der Waals surface area contributed by atoms with Crippen LogP contribution < -0.4 is 29.1 Å². The zero-order valence-electron chi connectivity index (χ0n) is 23.9. The number of fused-ring (bicyclic) bond motifs is 1. The summed E-state index contributed by atoms with van der Waals surface area (Å²) in [5.41, 5.74) is 2.76. The first-order valence-electron chi connectivity index (χ1n) is 13.7. The fourth-order valence-electron chi connectivity index (χ4n) is 4.70. The van der Waals surface area contributed by atoms with Gasteiger partial charge >= 0.3 is 5.97 Å². The number of esters is 1. The minimum atomic E-state index is -0.788. The van der Waals surface area contributed by atoms with Gasteiger partial charge in [0.25, 0.3) is 5.56 Å². The van der Waals surface area contributed by atoms with Crippen LogP contribution in [0.2, 0.25) is 0 Å². The Morgan fingerprint density at radius 2 is 1.74 bits per heavy atom. The fourth-order valence-corrected chi connectivity index (χ4v) is 5.66. The van der Waals surface area contributed by atoms with Crippen LogP contribution in [-0.4, -0.2) is 30.9 Å². The number of nitriles is 1. The summed E-state index contributed by atoms with van der Waals surface area (Å²) in [6.07, 6.45) is 3.22. The molecule has 0 amide bonds. The van der Waals surface area contributed by atoms with Crippen molar-refractivity contribution in [2.24, 2.45) is 4.99 Å². The van der Waals surface area contributed by atoms with Crippen LogP contribution in [0.1, 0.15) is 42.1 Å². The van der Waals surface area contributed by atoms with Crippen molar-refractivity contribution in [2.75, 3.05) is 20.3 Å². The fraction of sp³-hybridized carbons (Fsp3) is 0.212.